The van der Waals surface area contributed by atoms with Gasteiger partial charge in [-0.3, -0.25) is 0 Å². The van der Waals surface area contributed by atoms with Gasteiger partial charge in [0.15, 0.2) is 0 Å². The number of imidazole rings is 1. The third-order valence-corrected chi connectivity index (χ3v) is 2.66. The molecule has 0 spiro atoms. The number of amides is 2. The topological polar surface area (TPSA) is 109 Å². The van der Waals surface area contributed by atoms with Gasteiger partial charge in [-0.2, -0.15) is 0 Å². The molecular formula is C13H15N5O3. The van der Waals surface area contributed by atoms with Gasteiger partial charge in [0.1, 0.15) is 5.69 Å². The van der Waals surface area contributed by atoms with Crippen molar-refractivity contribution < 1.29 is 14.7 Å². The van der Waals surface area contributed by atoms with Crippen molar-refractivity contribution in [2.24, 2.45) is 0 Å². The zero-order valence-corrected chi connectivity index (χ0v) is 11.4. The number of aromatic carboxylic acids is 1. The first-order valence-corrected chi connectivity index (χ1v) is 6.27. The van der Waals surface area contributed by atoms with Crippen molar-refractivity contribution in [3.8, 4) is 0 Å². The second-order valence-electron chi connectivity index (χ2n) is 4.50. The molecule has 8 nitrogen and oxygen atoms in total. The van der Waals surface area contributed by atoms with Crippen molar-refractivity contribution in [2.75, 3.05) is 5.32 Å². The summed E-state index contributed by atoms with van der Waals surface area (Å²) in [5.41, 5.74) is 0.349. The number of urea groups is 1. The number of carbonyl (C=O) groups is 2. The number of carbonyl (C=O) groups excluding carboxylic acids is 1. The first-order chi connectivity index (χ1) is 10.0. The van der Waals surface area contributed by atoms with Crippen molar-refractivity contribution in [2.45, 2.75) is 19.5 Å². The minimum atomic E-state index is -1.11. The zero-order chi connectivity index (χ0) is 15.2. The lowest BCUT2D eigenvalue weighted by Gasteiger charge is -2.15. The van der Waals surface area contributed by atoms with E-state index < -0.39 is 5.97 Å². The Hall–Kier alpha value is -2.90. The Morgan fingerprint density at radius 2 is 2.24 bits per heavy atom. The molecule has 0 saturated carbocycles. The van der Waals surface area contributed by atoms with Crippen LogP contribution in [0.2, 0.25) is 0 Å². The lowest BCUT2D eigenvalue weighted by Crippen LogP contribution is -2.38. The summed E-state index contributed by atoms with van der Waals surface area (Å²) in [6, 6.07) is 2.33. The van der Waals surface area contributed by atoms with Gasteiger partial charge in [-0.05, 0) is 19.1 Å². The van der Waals surface area contributed by atoms with E-state index >= 15 is 0 Å². The number of pyridine rings is 1. The molecule has 0 aliphatic carbocycles. The maximum Gasteiger partial charge on any atom is 0.354 e. The van der Waals surface area contributed by atoms with Crippen molar-refractivity contribution in [1.29, 1.82) is 0 Å². The van der Waals surface area contributed by atoms with E-state index in [-0.39, 0.29) is 17.8 Å². The van der Waals surface area contributed by atoms with Crippen LogP contribution in [0.25, 0.3) is 0 Å². The van der Waals surface area contributed by atoms with Gasteiger partial charge >= 0.3 is 12.0 Å². The monoisotopic (exact) mass is 289 g/mol. The molecule has 2 rings (SSSR count). The smallest absolute Gasteiger partial charge is 0.354 e. The maximum absolute atomic E-state index is 11.8. The number of carboxylic acids is 1. The van der Waals surface area contributed by atoms with E-state index in [4.69, 9.17) is 5.11 Å². The summed E-state index contributed by atoms with van der Waals surface area (Å²) in [5, 5.41) is 14.1. The van der Waals surface area contributed by atoms with Crippen molar-refractivity contribution in [3.05, 3.63) is 42.7 Å². The normalized spacial score (nSPS) is 11.7. The Morgan fingerprint density at radius 3 is 2.81 bits per heavy atom. The number of hydrogen-bond acceptors (Lipinski definition) is 4. The van der Waals surface area contributed by atoms with Gasteiger partial charge in [0.25, 0.3) is 0 Å². The molecule has 3 N–H and O–H groups in total. The Bertz CT molecular complexity index is 609. The molecule has 0 aliphatic heterocycles. The van der Waals surface area contributed by atoms with E-state index in [9.17, 15) is 9.59 Å². The van der Waals surface area contributed by atoms with Crippen LogP contribution in [-0.4, -0.2) is 37.7 Å². The molecule has 2 aromatic heterocycles. The molecule has 110 valence electrons. The number of aromatic nitrogens is 3. The Balaban J connectivity index is 1.84. The van der Waals surface area contributed by atoms with Crippen molar-refractivity contribution in [3.63, 3.8) is 0 Å². The molecule has 0 radical (unpaired) electrons. The fourth-order valence-corrected chi connectivity index (χ4v) is 1.74. The highest BCUT2D eigenvalue weighted by atomic mass is 16.4. The predicted octanol–water partition coefficient (Wildman–Crippen LogP) is 1.19. The number of anilines is 1. The maximum atomic E-state index is 11.8. The molecule has 2 heterocycles. The Morgan fingerprint density at radius 1 is 1.43 bits per heavy atom. The van der Waals surface area contributed by atoms with E-state index in [0.29, 0.717) is 12.2 Å². The second-order valence-corrected chi connectivity index (χ2v) is 4.50. The van der Waals surface area contributed by atoms with Gasteiger partial charge in [-0.15, -0.1) is 0 Å². The minimum absolute atomic E-state index is 0.0746. The average molecular weight is 289 g/mol. The molecule has 2 amide bonds. The number of nitrogens with one attached hydrogen (secondary N) is 2. The van der Waals surface area contributed by atoms with Crippen LogP contribution in [0.15, 0.2) is 37.1 Å². The van der Waals surface area contributed by atoms with E-state index in [1.807, 2.05) is 17.7 Å². The highest BCUT2D eigenvalue weighted by molar-refractivity contribution is 5.90. The standard InChI is InChI=1S/C13H15N5O3/c1-9(7-18-5-4-14-8-18)16-13(21)17-10-2-3-11(12(19)20)15-6-10/h2-6,8-9H,7H2,1H3,(H,19,20)(H2,16,17,21). The third-order valence-electron chi connectivity index (χ3n) is 2.66. The van der Waals surface area contributed by atoms with Crippen LogP contribution in [0.5, 0.6) is 0 Å². The van der Waals surface area contributed by atoms with Crippen LogP contribution in [-0.2, 0) is 6.54 Å². The summed E-state index contributed by atoms with van der Waals surface area (Å²) in [6.45, 7) is 2.47. The molecule has 1 atom stereocenters. The van der Waals surface area contributed by atoms with Crippen LogP contribution in [0.3, 0.4) is 0 Å². The molecule has 0 bridgehead atoms. The lowest BCUT2D eigenvalue weighted by atomic mass is 10.3. The SMILES string of the molecule is CC(Cn1ccnc1)NC(=O)Nc1ccc(C(=O)O)nc1. The van der Waals surface area contributed by atoms with E-state index in [2.05, 4.69) is 20.6 Å². The summed E-state index contributed by atoms with van der Waals surface area (Å²) >= 11 is 0. The van der Waals surface area contributed by atoms with E-state index in [0.717, 1.165) is 0 Å². The van der Waals surface area contributed by atoms with E-state index in [1.54, 1.807) is 12.5 Å². The highest BCUT2D eigenvalue weighted by Crippen LogP contribution is 2.06. The fourth-order valence-electron chi connectivity index (χ4n) is 1.74. The van der Waals surface area contributed by atoms with Gasteiger partial charge in [-0.25, -0.2) is 19.6 Å². The third kappa shape index (κ3) is 4.30. The first-order valence-electron chi connectivity index (χ1n) is 6.27. The van der Waals surface area contributed by atoms with Crippen LogP contribution < -0.4 is 10.6 Å². The van der Waals surface area contributed by atoms with Gasteiger partial charge < -0.3 is 20.3 Å². The number of hydrogen-bond donors (Lipinski definition) is 3. The Kier molecular flexibility index (Phi) is 4.50. The quantitative estimate of drug-likeness (QED) is 0.766. The van der Waals surface area contributed by atoms with Crippen molar-refractivity contribution >= 4 is 17.7 Å². The second kappa shape index (κ2) is 6.51. The largest absolute Gasteiger partial charge is 0.477 e. The first kappa shape index (κ1) is 14.5. The summed E-state index contributed by atoms with van der Waals surface area (Å²) < 4.78 is 1.86. The number of carboxylic acid groups (broad SMARTS) is 1. The molecule has 1 unspecified atom stereocenters. The van der Waals surface area contributed by atoms with Gasteiger partial charge in [0.05, 0.1) is 18.2 Å². The van der Waals surface area contributed by atoms with Crippen LogP contribution in [0.1, 0.15) is 17.4 Å². The predicted molar refractivity (Wildman–Crippen MR) is 75.0 cm³/mol. The molecule has 0 fully saturated rings. The van der Waals surface area contributed by atoms with Crippen LogP contribution in [0, 0.1) is 0 Å². The molecule has 0 saturated heterocycles. The van der Waals surface area contributed by atoms with Gasteiger partial charge in [0, 0.05) is 25.0 Å². The molecule has 0 aromatic carbocycles. The molecule has 21 heavy (non-hydrogen) atoms. The van der Waals surface area contributed by atoms with Gasteiger partial charge in [0.2, 0.25) is 0 Å². The summed E-state index contributed by atoms with van der Waals surface area (Å²) in [5.74, 6) is -1.11. The summed E-state index contributed by atoms with van der Waals surface area (Å²) in [7, 11) is 0. The summed E-state index contributed by atoms with van der Waals surface area (Å²) in [4.78, 5) is 30.1. The number of rotatable bonds is 5. The zero-order valence-electron chi connectivity index (χ0n) is 11.4. The number of nitrogens with zero attached hydrogens (tertiary/aromatic N) is 3. The Labute approximate surface area is 120 Å². The highest BCUT2D eigenvalue weighted by Gasteiger charge is 2.09. The molecule has 2 aromatic rings. The van der Waals surface area contributed by atoms with Gasteiger partial charge in [-0.1, -0.05) is 0 Å². The van der Waals surface area contributed by atoms with Crippen LogP contribution >= 0.6 is 0 Å². The fraction of sp³-hybridized carbons (Fsp3) is 0.231. The molecular weight excluding hydrogens is 274 g/mol. The molecule has 0 aliphatic rings. The van der Waals surface area contributed by atoms with Crippen LogP contribution in [0.4, 0.5) is 10.5 Å². The molecule has 8 heteroatoms. The summed E-state index contributed by atoms with van der Waals surface area (Å²) in [6.07, 6.45) is 6.45. The van der Waals surface area contributed by atoms with Crippen molar-refractivity contribution in [1.82, 2.24) is 19.9 Å². The van der Waals surface area contributed by atoms with E-state index in [1.165, 1.54) is 18.3 Å². The minimum Gasteiger partial charge on any atom is -0.477 e. The lowest BCUT2D eigenvalue weighted by molar-refractivity contribution is 0.0690. The average Bonchev–Trinajstić information content (AvgIpc) is 2.91.